The number of piperazine rings is 1. The normalized spacial score (nSPS) is 17.1. The maximum absolute atomic E-state index is 12.6. The van der Waals surface area contributed by atoms with E-state index in [1.807, 2.05) is 19.1 Å². The van der Waals surface area contributed by atoms with E-state index in [1.165, 1.54) is 15.9 Å². The molecule has 0 bridgehead atoms. The SMILES string of the molecule is CCn1c(=O)[nH]c2cc(CN3CCN(c4ccc(C(=O)NC)nc4C)C(C)C3)sc2c1=O. The number of thiophene rings is 1. The Kier molecular flexibility index (Phi) is 6.16. The van der Waals surface area contributed by atoms with Crippen molar-refractivity contribution < 1.29 is 4.79 Å². The number of fused-ring (bicyclic) bond motifs is 1. The van der Waals surface area contributed by atoms with Crippen LogP contribution in [0.1, 0.15) is 34.9 Å². The topological polar surface area (TPSA) is 103 Å². The number of aromatic nitrogens is 3. The van der Waals surface area contributed by atoms with Crippen LogP contribution in [0.25, 0.3) is 10.2 Å². The minimum Gasteiger partial charge on any atom is -0.365 e. The second-order valence-electron chi connectivity index (χ2n) is 8.09. The summed E-state index contributed by atoms with van der Waals surface area (Å²) in [5.74, 6) is -0.187. The van der Waals surface area contributed by atoms with Crippen LogP contribution in [0, 0.1) is 6.92 Å². The number of nitrogens with one attached hydrogen (secondary N) is 2. The molecule has 4 rings (SSSR count). The van der Waals surface area contributed by atoms with Gasteiger partial charge in [0.1, 0.15) is 10.4 Å². The van der Waals surface area contributed by atoms with Crippen LogP contribution in [0.4, 0.5) is 5.69 Å². The van der Waals surface area contributed by atoms with Gasteiger partial charge in [-0.1, -0.05) is 0 Å². The summed E-state index contributed by atoms with van der Waals surface area (Å²) < 4.78 is 1.83. The van der Waals surface area contributed by atoms with Crippen molar-refractivity contribution in [3.05, 3.63) is 55.3 Å². The Labute approximate surface area is 189 Å². The van der Waals surface area contributed by atoms with Crippen LogP contribution < -0.4 is 21.5 Å². The third kappa shape index (κ3) is 4.07. The van der Waals surface area contributed by atoms with E-state index < -0.39 is 0 Å². The molecule has 3 aromatic heterocycles. The highest BCUT2D eigenvalue weighted by atomic mass is 32.1. The summed E-state index contributed by atoms with van der Waals surface area (Å²) in [6, 6.07) is 5.92. The standard InChI is InChI=1S/C22H28N6O3S/c1-5-27-21(30)19-17(25-22(27)31)10-15(32-19)12-26-8-9-28(13(2)11-26)18-7-6-16(20(29)23-4)24-14(18)3/h6-7,10,13H,5,8-9,11-12H2,1-4H3,(H,23,29)(H,25,31). The summed E-state index contributed by atoms with van der Waals surface area (Å²) in [5, 5.41) is 2.61. The molecule has 1 atom stereocenters. The molecule has 1 aliphatic heterocycles. The van der Waals surface area contributed by atoms with Crippen molar-refractivity contribution in [2.75, 3.05) is 31.6 Å². The van der Waals surface area contributed by atoms with Crippen LogP contribution in [0.2, 0.25) is 0 Å². The number of pyridine rings is 1. The Bertz CT molecular complexity index is 1280. The number of hydrogen-bond acceptors (Lipinski definition) is 7. The second kappa shape index (κ2) is 8.87. The zero-order valence-electron chi connectivity index (χ0n) is 18.8. The predicted octanol–water partition coefficient (Wildman–Crippen LogP) is 1.54. The third-order valence-electron chi connectivity index (χ3n) is 5.94. The molecule has 3 aromatic rings. The van der Waals surface area contributed by atoms with Gasteiger partial charge in [-0.25, -0.2) is 9.78 Å². The zero-order valence-corrected chi connectivity index (χ0v) is 19.6. The predicted molar refractivity (Wildman–Crippen MR) is 127 cm³/mol. The van der Waals surface area contributed by atoms with Gasteiger partial charge in [0.05, 0.1) is 16.9 Å². The molecule has 1 unspecified atom stereocenters. The van der Waals surface area contributed by atoms with Gasteiger partial charge in [0.2, 0.25) is 0 Å². The van der Waals surface area contributed by atoms with Crippen molar-refractivity contribution in [3.63, 3.8) is 0 Å². The first-order valence-electron chi connectivity index (χ1n) is 10.8. The largest absolute Gasteiger partial charge is 0.365 e. The van der Waals surface area contributed by atoms with E-state index in [0.717, 1.165) is 42.4 Å². The average molecular weight is 457 g/mol. The number of rotatable bonds is 5. The van der Waals surface area contributed by atoms with Crippen LogP contribution in [0.5, 0.6) is 0 Å². The summed E-state index contributed by atoms with van der Waals surface area (Å²) in [7, 11) is 1.60. The third-order valence-corrected chi connectivity index (χ3v) is 7.05. The molecule has 1 saturated heterocycles. The maximum Gasteiger partial charge on any atom is 0.328 e. The van der Waals surface area contributed by atoms with Gasteiger partial charge in [0.15, 0.2) is 0 Å². The Morgan fingerprint density at radius 1 is 1.31 bits per heavy atom. The van der Waals surface area contributed by atoms with Crippen molar-refractivity contribution in [1.29, 1.82) is 0 Å². The molecule has 0 aliphatic carbocycles. The van der Waals surface area contributed by atoms with Crippen molar-refractivity contribution in [1.82, 2.24) is 24.8 Å². The minimum absolute atomic E-state index is 0.187. The lowest BCUT2D eigenvalue weighted by atomic mass is 10.1. The first kappa shape index (κ1) is 22.2. The lowest BCUT2D eigenvalue weighted by Gasteiger charge is -2.41. The fourth-order valence-electron chi connectivity index (χ4n) is 4.32. The highest BCUT2D eigenvalue weighted by Gasteiger charge is 2.26. The molecule has 0 radical (unpaired) electrons. The molecular formula is C22H28N6O3S. The van der Waals surface area contributed by atoms with Gasteiger partial charge in [-0.05, 0) is 39.0 Å². The van der Waals surface area contributed by atoms with Crippen LogP contribution >= 0.6 is 11.3 Å². The number of amides is 1. The fraction of sp³-hybridized carbons (Fsp3) is 0.455. The van der Waals surface area contributed by atoms with Gasteiger partial charge in [0, 0.05) is 50.7 Å². The first-order chi connectivity index (χ1) is 15.3. The van der Waals surface area contributed by atoms with Crippen molar-refractivity contribution >= 4 is 33.1 Å². The molecule has 1 fully saturated rings. The average Bonchev–Trinajstić information content (AvgIpc) is 3.16. The lowest BCUT2D eigenvalue weighted by molar-refractivity contribution is 0.0958. The van der Waals surface area contributed by atoms with Crippen LogP contribution in [-0.2, 0) is 13.1 Å². The summed E-state index contributed by atoms with van der Waals surface area (Å²) in [4.78, 5) is 49.5. The number of aromatic amines is 1. The van der Waals surface area contributed by atoms with E-state index in [9.17, 15) is 14.4 Å². The van der Waals surface area contributed by atoms with Gasteiger partial charge >= 0.3 is 5.69 Å². The summed E-state index contributed by atoms with van der Waals surface area (Å²) in [5.41, 5.74) is 2.35. The minimum atomic E-state index is -0.358. The van der Waals surface area contributed by atoms with E-state index in [0.29, 0.717) is 22.5 Å². The second-order valence-corrected chi connectivity index (χ2v) is 9.23. The number of H-pyrrole nitrogens is 1. The summed E-state index contributed by atoms with van der Waals surface area (Å²) >= 11 is 1.46. The molecule has 0 saturated carbocycles. The molecular weight excluding hydrogens is 428 g/mol. The molecule has 32 heavy (non-hydrogen) atoms. The fourth-order valence-corrected chi connectivity index (χ4v) is 5.43. The Balaban J connectivity index is 1.48. The highest BCUT2D eigenvalue weighted by Crippen LogP contribution is 2.26. The molecule has 1 aliphatic rings. The Morgan fingerprint density at radius 3 is 2.75 bits per heavy atom. The van der Waals surface area contributed by atoms with E-state index in [1.54, 1.807) is 20.0 Å². The number of nitrogens with zero attached hydrogens (tertiary/aromatic N) is 4. The highest BCUT2D eigenvalue weighted by molar-refractivity contribution is 7.18. The van der Waals surface area contributed by atoms with Crippen molar-refractivity contribution in [2.45, 2.75) is 39.9 Å². The monoisotopic (exact) mass is 456 g/mol. The number of aryl methyl sites for hydroxylation is 1. The molecule has 0 spiro atoms. The van der Waals surface area contributed by atoms with Crippen LogP contribution in [0.15, 0.2) is 27.8 Å². The Hall–Kier alpha value is -2.98. The van der Waals surface area contributed by atoms with Crippen molar-refractivity contribution in [2.24, 2.45) is 0 Å². The molecule has 1 amide bonds. The zero-order chi connectivity index (χ0) is 23.0. The Morgan fingerprint density at radius 2 is 2.09 bits per heavy atom. The molecule has 170 valence electrons. The lowest BCUT2D eigenvalue weighted by Crippen LogP contribution is -2.51. The summed E-state index contributed by atoms with van der Waals surface area (Å²) in [6.07, 6.45) is 0. The van der Waals surface area contributed by atoms with E-state index in [4.69, 9.17) is 0 Å². The molecule has 9 nitrogen and oxygen atoms in total. The molecule has 2 N–H and O–H groups in total. The number of anilines is 1. The van der Waals surface area contributed by atoms with Gasteiger partial charge in [-0.15, -0.1) is 11.3 Å². The van der Waals surface area contributed by atoms with Gasteiger partial charge in [-0.3, -0.25) is 19.1 Å². The molecule has 10 heteroatoms. The van der Waals surface area contributed by atoms with Gasteiger partial charge in [-0.2, -0.15) is 0 Å². The number of carbonyl (C=O) groups is 1. The van der Waals surface area contributed by atoms with Gasteiger partial charge in [0.25, 0.3) is 11.5 Å². The molecule has 0 aromatic carbocycles. The van der Waals surface area contributed by atoms with E-state index in [2.05, 4.69) is 32.0 Å². The van der Waals surface area contributed by atoms with Crippen LogP contribution in [0.3, 0.4) is 0 Å². The van der Waals surface area contributed by atoms with Crippen molar-refractivity contribution in [3.8, 4) is 0 Å². The summed E-state index contributed by atoms with van der Waals surface area (Å²) in [6.45, 7) is 9.57. The first-order valence-corrected chi connectivity index (χ1v) is 11.6. The molecule has 4 heterocycles. The van der Waals surface area contributed by atoms with E-state index >= 15 is 0 Å². The van der Waals surface area contributed by atoms with Gasteiger partial charge < -0.3 is 15.2 Å². The van der Waals surface area contributed by atoms with E-state index in [-0.39, 0.29) is 23.2 Å². The quantitative estimate of drug-likeness (QED) is 0.604. The van der Waals surface area contributed by atoms with Crippen LogP contribution in [-0.4, -0.2) is 58.1 Å². The smallest absolute Gasteiger partial charge is 0.328 e. The number of carbonyl (C=O) groups excluding carboxylic acids is 1. The number of hydrogen-bond donors (Lipinski definition) is 2. The maximum atomic E-state index is 12.6.